The summed E-state index contributed by atoms with van der Waals surface area (Å²) in [5, 5.41) is 21.2. The van der Waals surface area contributed by atoms with Crippen molar-refractivity contribution < 1.29 is 37.7 Å². The van der Waals surface area contributed by atoms with Crippen LogP contribution in [0.2, 0.25) is 0 Å². The summed E-state index contributed by atoms with van der Waals surface area (Å²) in [7, 11) is 0. The Hall–Kier alpha value is -4.27. The summed E-state index contributed by atoms with van der Waals surface area (Å²) in [4.78, 5) is 27.3. The molecule has 1 fully saturated rings. The van der Waals surface area contributed by atoms with E-state index < -0.39 is 35.2 Å². The molecule has 1 amide bonds. The van der Waals surface area contributed by atoms with Gasteiger partial charge in [-0.1, -0.05) is 26.0 Å². The normalized spacial score (nSPS) is 17.5. The molecule has 3 aromatic rings. The van der Waals surface area contributed by atoms with Crippen LogP contribution in [-0.2, 0) is 15.8 Å². The van der Waals surface area contributed by atoms with E-state index in [4.69, 9.17) is 4.74 Å². The number of rotatable bonds is 6. The molecular formula is C28H24F3NO5. The number of benzene rings is 3. The van der Waals surface area contributed by atoms with Crippen LogP contribution in [0.3, 0.4) is 0 Å². The topological polar surface area (TPSA) is 87.1 Å². The summed E-state index contributed by atoms with van der Waals surface area (Å²) in [5.41, 5.74) is -0.613. The Balaban J connectivity index is 1.81. The Labute approximate surface area is 211 Å². The molecule has 1 unspecified atom stereocenters. The number of ketones is 1. The second-order valence-corrected chi connectivity index (χ2v) is 9.04. The standard InChI is InChI=1S/C28H24F3NO5/c1-16(2)15-37-22-12-6-17(7-13-22)25(34)23-24(18-4-3-5-21(33)14-18)32(27(36)26(23)35)20-10-8-19(9-11-20)28(29,30)31/h3-14,16,24,33-34H,15H2,1-2H3/b25-23+. The molecule has 0 bridgehead atoms. The van der Waals surface area contributed by atoms with Gasteiger partial charge in [0, 0.05) is 11.3 Å². The van der Waals surface area contributed by atoms with Crippen molar-refractivity contribution in [1.82, 2.24) is 0 Å². The molecule has 37 heavy (non-hydrogen) atoms. The van der Waals surface area contributed by atoms with Crippen molar-refractivity contribution in [2.24, 2.45) is 5.92 Å². The van der Waals surface area contributed by atoms with E-state index in [2.05, 4.69) is 0 Å². The average Bonchev–Trinajstić information content (AvgIpc) is 3.12. The maximum absolute atomic E-state index is 13.2. The number of Topliss-reactive ketones (excluding diaryl/α,β-unsaturated/α-hetero) is 1. The highest BCUT2D eigenvalue weighted by Crippen LogP contribution is 2.43. The second-order valence-electron chi connectivity index (χ2n) is 9.04. The molecule has 192 valence electrons. The third-order valence-corrected chi connectivity index (χ3v) is 5.81. The maximum atomic E-state index is 13.2. The number of nitrogens with zero attached hydrogens (tertiary/aromatic N) is 1. The molecule has 9 heteroatoms. The zero-order valence-corrected chi connectivity index (χ0v) is 20.0. The lowest BCUT2D eigenvalue weighted by atomic mass is 9.95. The largest absolute Gasteiger partial charge is 0.508 e. The molecule has 0 aliphatic carbocycles. The quantitative estimate of drug-likeness (QED) is 0.238. The zero-order valence-electron chi connectivity index (χ0n) is 20.0. The van der Waals surface area contributed by atoms with E-state index in [0.29, 0.717) is 18.3 Å². The predicted molar refractivity (Wildman–Crippen MR) is 131 cm³/mol. The molecule has 3 aromatic carbocycles. The van der Waals surface area contributed by atoms with Gasteiger partial charge in [-0.3, -0.25) is 14.5 Å². The fourth-order valence-corrected chi connectivity index (χ4v) is 4.05. The summed E-state index contributed by atoms with van der Waals surface area (Å²) in [5.74, 6) is -1.78. The van der Waals surface area contributed by atoms with Gasteiger partial charge in [0.1, 0.15) is 17.3 Å². The fourth-order valence-electron chi connectivity index (χ4n) is 4.05. The number of phenols is 1. The van der Waals surface area contributed by atoms with Crippen LogP contribution in [0.4, 0.5) is 18.9 Å². The molecule has 2 N–H and O–H groups in total. The van der Waals surface area contributed by atoms with E-state index in [9.17, 15) is 33.0 Å². The number of ether oxygens (including phenoxy) is 1. The van der Waals surface area contributed by atoms with Crippen molar-refractivity contribution in [3.05, 3.63) is 95.1 Å². The van der Waals surface area contributed by atoms with Crippen molar-refractivity contribution >= 4 is 23.1 Å². The molecule has 1 aliphatic heterocycles. The number of halogens is 3. The van der Waals surface area contributed by atoms with Crippen LogP contribution in [0.15, 0.2) is 78.4 Å². The van der Waals surface area contributed by atoms with Gasteiger partial charge in [-0.25, -0.2) is 0 Å². The first-order chi connectivity index (χ1) is 17.5. The number of phenolic OH excluding ortho intramolecular Hbond substituents is 1. The van der Waals surface area contributed by atoms with E-state index in [1.54, 1.807) is 18.2 Å². The van der Waals surface area contributed by atoms with Crippen LogP contribution in [0, 0.1) is 5.92 Å². The number of hydrogen-bond donors (Lipinski definition) is 2. The van der Waals surface area contributed by atoms with E-state index in [1.165, 1.54) is 30.3 Å². The molecule has 1 aliphatic rings. The van der Waals surface area contributed by atoms with Gasteiger partial charge < -0.3 is 14.9 Å². The van der Waals surface area contributed by atoms with Gasteiger partial charge in [-0.15, -0.1) is 0 Å². The minimum atomic E-state index is -4.58. The van der Waals surface area contributed by atoms with Crippen molar-refractivity contribution in [2.45, 2.75) is 26.1 Å². The monoisotopic (exact) mass is 511 g/mol. The van der Waals surface area contributed by atoms with Crippen LogP contribution in [-0.4, -0.2) is 28.5 Å². The number of aliphatic hydroxyl groups is 1. The second kappa shape index (κ2) is 10.0. The Morgan fingerprint density at radius 2 is 1.65 bits per heavy atom. The molecule has 1 saturated heterocycles. The Morgan fingerprint density at radius 3 is 2.22 bits per heavy atom. The molecule has 4 rings (SSSR count). The first-order valence-electron chi connectivity index (χ1n) is 11.5. The molecule has 0 radical (unpaired) electrons. The van der Waals surface area contributed by atoms with Gasteiger partial charge in [0.2, 0.25) is 0 Å². The van der Waals surface area contributed by atoms with Crippen LogP contribution < -0.4 is 9.64 Å². The summed E-state index contributed by atoms with van der Waals surface area (Å²) in [6, 6.07) is 14.7. The van der Waals surface area contributed by atoms with E-state index >= 15 is 0 Å². The summed E-state index contributed by atoms with van der Waals surface area (Å²) in [6.07, 6.45) is -4.58. The lowest BCUT2D eigenvalue weighted by Gasteiger charge is -2.26. The maximum Gasteiger partial charge on any atom is 0.416 e. The number of hydrogen-bond acceptors (Lipinski definition) is 5. The highest BCUT2D eigenvalue weighted by Gasteiger charge is 2.47. The first-order valence-corrected chi connectivity index (χ1v) is 11.5. The summed E-state index contributed by atoms with van der Waals surface area (Å²) < 4.78 is 44.9. The third kappa shape index (κ3) is 5.30. The average molecular weight is 511 g/mol. The van der Waals surface area contributed by atoms with E-state index in [1.807, 2.05) is 13.8 Å². The molecule has 0 aromatic heterocycles. The first kappa shape index (κ1) is 25.8. The van der Waals surface area contributed by atoms with Gasteiger partial charge in [0.25, 0.3) is 11.7 Å². The third-order valence-electron chi connectivity index (χ3n) is 5.81. The highest BCUT2D eigenvalue weighted by atomic mass is 19.4. The minimum Gasteiger partial charge on any atom is -0.508 e. The van der Waals surface area contributed by atoms with Crippen molar-refractivity contribution in [3.63, 3.8) is 0 Å². The molecule has 1 atom stereocenters. The van der Waals surface area contributed by atoms with E-state index in [0.717, 1.165) is 29.2 Å². The van der Waals surface area contributed by atoms with Crippen LogP contribution in [0.1, 0.15) is 36.6 Å². The number of carbonyl (C=O) groups excluding carboxylic acids is 2. The molecule has 0 spiro atoms. The lowest BCUT2D eigenvalue weighted by molar-refractivity contribution is -0.137. The molecule has 0 saturated carbocycles. The van der Waals surface area contributed by atoms with Crippen molar-refractivity contribution in [1.29, 1.82) is 0 Å². The van der Waals surface area contributed by atoms with Crippen molar-refractivity contribution in [3.8, 4) is 11.5 Å². The smallest absolute Gasteiger partial charge is 0.416 e. The van der Waals surface area contributed by atoms with Crippen LogP contribution in [0.5, 0.6) is 11.5 Å². The minimum absolute atomic E-state index is 0.0277. The predicted octanol–water partition coefficient (Wildman–Crippen LogP) is 6.07. The van der Waals surface area contributed by atoms with Crippen LogP contribution >= 0.6 is 0 Å². The number of carbonyl (C=O) groups is 2. The number of aliphatic hydroxyl groups excluding tert-OH is 1. The van der Waals surface area contributed by atoms with E-state index in [-0.39, 0.29) is 28.1 Å². The van der Waals surface area contributed by atoms with Gasteiger partial charge in [-0.2, -0.15) is 13.2 Å². The SMILES string of the molecule is CC(C)COc1ccc(/C(O)=C2\C(=O)C(=O)N(c3ccc(C(F)(F)F)cc3)C2c2cccc(O)c2)cc1. The fraction of sp³-hybridized carbons (Fsp3) is 0.214. The van der Waals surface area contributed by atoms with Gasteiger partial charge in [0.15, 0.2) is 0 Å². The van der Waals surface area contributed by atoms with Gasteiger partial charge >= 0.3 is 6.18 Å². The van der Waals surface area contributed by atoms with Gasteiger partial charge in [0.05, 0.1) is 23.8 Å². The number of aromatic hydroxyl groups is 1. The number of anilines is 1. The number of amides is 1. The summed E-state index contributed by atoms with van der Waals surface area (Å²) in [6.45, 7) is 4.48. The van der Waals surface area contributed by atoms with Crippen LogP contribution in [0.25, 0.3) is 5.76 Å². The Bertz CT molecular complexity index is 1350. The van der Waals surface area contributed by atoms with Gasteiger partial charge in [-0.05, 0) is 72.1 Å². The number of alkyl halides is 3. The molecule has 6 nitrogen and oxygen atoms in total. The highest BCUT2D eigenvalue weighted by molar-refractivity contribution is 6.51. The molecular weight excluding hydrogens is 487 g/mol. The van der Waals surface area contributed by atoms with Crippen molar-refractivity contribution in [2.75, 3.05) is 11.5 Å². The zero-order chi connectivity index (χ0) is 26.9. The Kier molecular flexibility index (Phi) is 6.98. The summed E-state index contributed by atoms with van der Waals surface area (Å²) >= 11 is 0. The molecule has 1 heterocycles. The lowest BCUT2D eigenvalue weighted by Crippen LogP contribution is -2.29. The Morgan fingerprint density at radius 1 is 1.00 bits per heavy atom.